The smallest absolute Gasteiger partial charge is 0.465 e. The maximum atomic E-state index is 10.5. The number of hydrogen-bond donors (Lipinski definition) is 0. The van der Waals surface area contributed by atoms with Crippen LogP contribution in [0.15, 0.2) is 28.9 Å². The molecule has 0 aromatic carbocycles. The van der Waals surface area contributed by atoms with Crippen LogP contribution in [-0.2, 0) is 9.47 Å². The second-order valence-corrected chi connectivity index (χ2v) is 2.18. The molecule has 0 radical (unpaired) electrons. The molecule has 1 heterocycles. The van der Waals surface area contributed by atoms with Gasteiger partial charge in [0, 0.05) is 0 Å². The van der Waals surface area contributed by atoms with Crippen LogP contribution >= 0.6 is 0 Å². The van der Waals surface area contributed by atoms with E-state index >= 15 is 0 Å². The van der Waals surface area contributed by atoms with E-state index in [-0.39, 0.29) is 6.61 Å². The van der Waals surface area contributed by atoms with Crippen LogP contribution in [0.4, 0.5) is 4.79 Å². The van der Waals surface area contributed by atoms with Crippen LogP contribution < -0.4 is 0 Å². The van der Waals surface area contributed by atoms with E-state index in [1.54, 1.807) is 30.5 Å². The van der Waals surface area contributed by atoms with Gasteiger partial charge in [-0.3, -0.25) is 0 Å². The van der Waals surface area contributed by atoms with Crippen molar-refractivity contribution < 1.29 is 18.7 Å². The second-order valence-electron chi connectivity index (χ2n) is 2.18. The lowest BCUT2D eigenvalue weighted by Gasteiger charge is -1.96. The molecule has 0 N–H and O–H groups in total. The number of rotatable bonds is 3. The van der Waals surface area contributed by atoms with Crippen molar-refractivity contribution in [1.82, 2.24) is 0 Å². The third-order valence-corrected chi connectivity index (χ3v) is 1.29. The molecule has 0 fully saturated rings. The van der Waals surface area contributed by atoms with Gasteiger partial charge in [0.2, 0.25) is 0 Å². The van der Waals surface area contributed by atoms with Gasteiger partial charge in [-0.05, 0) is 24.3 Å². The van der Waals surface area contributed by atoms with Gasteiger partial charge in [-0.15, -0.1) is 0 Å². The van der Waals surface area contributed by atoms with E-state index < -0.39 is 6.16 Å². The molecule has 0 saturated heterocycles. The molecule has 0 atom stereocenters. The Morgan fingerprint density at radius 2 is 2.54 bits per heavy atom. The number of methoxy groups -OCH3 is 1. The maximum Gasteiger partial charge on any atom is 0.508 e. The van der Waals surface area contributed by atoms with Crippen molar-refractivity contribution in [2.24, 2.45) is 0 Å². The minimum Gasteiger partial charge on any atom is -0.465 e. The summed E-state index contributed by atoms with van der Waals surface area (Å²) in [6.45, 7) is 0.174. The fourth-order valence-electron chi connectivity index (χ4n) is 0.725. The number of ether oxygens (including phenoxy) is 2. The third-order valence-electron chi connectivity index (χ3n) is 1.29. The van der Waals surface area contributed by atoms with Gasteiger partial charge in [0.1, 0.15) is 12.4 Å². The van der Waals surface area contributed by atoms with Gasteiger partial charge in [0.25, 0.3) is 0 Å². The van der Waals surface area contributed by atoms with E-state index in [0.29, 0.717) is 5.76 Å². The Morgan fingerprint density at radius 3 is 3.15 bits per heavy atom. The van der Waals surface area contributed by atoms with Crippen molar-refractivity contribution in [2.45, 2.75) is 0 Å². The molecule has 1 aromatic rings. The molecule has 70 valence electrons. The van der Waals surface area contributed by atoms with Crippen molar-refractivity contribution in [2.75, 3.05) is 13.7 Å². The van der Waals surface area contributed by atoms with Gasteiger partial charge in [0.15, 0.2) is 0 Å². The predicted octanol–water partition coefficient (Wildman–Crippen LogP) is 2.08. The lowest BCUT2D eigenvalue weighted by atomic mass is 10.4. The largest absolute Gasteiger partial charge is 0.508 e. The molecule has 4 heteroatoms. The predicted molar refractivity (Wildman–Crippen MR) is 46.1 cm³/mol. The highest BCUT2D eigenvalue weighted by Gasteiger charge is 1.95. The summed E-state index contributed by atoms with van der Waals surface area (Å²) in [4.78, 5) is 10.5. The molecule has 0 saturated carbocycles. The topological polar surface area (TPSA) is 48.7 Å². The summed E-state index contributed by atoms with van der Waals surface area (Å²) in [6, 6.07) is 3.58. The Kier molecular flexibility index (Phi) is 3.63. The molecule has 0 aliphatic carbocycles. The number of carbonyl (C=O) groups excluding carboxylic acids is 1. The minimum absolute atomic E-state index is 0.174. The molecule has 0 unspecified atom stereocenters. The molecule has 0 aliphatic rings. The van der Waals surface area contributed by atoms with Crippen molar-refractivity contribution in [3.63, 3.8) is 0 Å². The Labute approximate surface area is 75.7 Å². The number of furan rings is 1. The van der Waals surface area contributed by atoms with Gasteiger partial charge in [-0.2, -0.15) is 0 Å². The zero-order valence-electron chi connectivity index (χ0n) is 7.23. The molecule has 4 nitrogen and oxygen atoms in total. The van der Waals surface area contributed by atoms with Gasteiger partial charge in [0.05, 0.1) is 13.4 Å². The molecule has 13 heavy (non-hydrogen) atoms. The van der Waals surface area contributed by atoms with Crippen LogP contribution in [-0.4, -0.2) is 19.9 Å². The Bertz CT molecular complexity index is 274. The van der Waals surface area contributed by atoms with Crippen LogP contribution in [0.1, 0.15) is 5.76 Å². The first-order valence-corrected chi connectivity index (χ1v) is 3.73. The van der Waals surface area contributed by atoms with Crippen molar-refractivity contribution in [1.29, 1.82) is 0 Å². The Balaban J connectivity index is 2.23. The summed E-state index contributed by atoms with van der Waals surface area (Å²) in [6.07, 6.45) is 4.25. The summed E-state index contributed by atoms with van der Waals surface area (Å²) in [5, 5.41) is 0. The molecule has 0 aliphatic heterocycles. The van der Waals surface area contributed by atoms with Gasteiger partial charge in [-0.1, -0.05) is 0 Å². The molecule has 0 amide bonds. The van der Waals surface area contributed by atoms with Crippen LogP contribution in [0.2, 0.25) is 0 Å². The van der Waals surface area contributed by atoms with E-state index in [4.69, 9.17) is 4.42 Å². The van der Waals surface area contributed by atoms with Crippen LogP contribution in [0.5, 0.6) is 0 Å². The lowest BCUT2D eigenvalue weighted by molar-refractivity contribution is 0.0819. The van der Waals surface area contributed by atoms with E-state index in [0.717, 1.165) is 0 Å². The first-order valence-electron chi connectivity index (χ1n) is 3.73. The quantitative estimate of drug-likeness (QED) is 0.671. The summed E-state index contributed by atoms with van der Waals surface area (Å²) < 4.78 is 13.9. The van der Waals surface area contributed by atoms with Crippen LogP contribution in [0.25, 0.3) is 6.08 Å². The van der Waals surface area contributed by atoms with E-state index in [9.17, 15) is 4.79 Å². The zero-order chi connectivity index (χ0) is 9.52. The average molecular weight is 182 g/mol. The first kappa shape index (κ1) is 9.38. The summed E-state index contributed by atoms with van der Waals surface area (Å²) in [7, 11) is 1.26. The van der Waals surface area contributed by atoms with Gasteiger partial charge >= 0.3 is 6.16 Å². The highest BCUT2D eigenvalue weighted by Crippen LogP contribution is 2.01. The lowest BCUT2D eigenvalue weighted by Crippen LogP contribution is -2.03. The number of carbonyl (C=O) groups is 1. The molecule has 0 spiro atoms. The van der Waals surface area contributed by atoms with Crippen molar-refractivity contribution in [3.8, 4) is 0 Å². The van der Waals surface area contributed by atoms with Gasteiger partial charge in [-0.25, -0.2) is 4.79 Å². The highest BCUT2D eigenvalue weighted by molar-refractivity contribution is 5.59. The summed E-state index contributed by atoms with van der Waals surface area (Å²) >= 11 is 0. The molecular weight excluding hydrogens is 172 g/mol. The van der Waals surface area contributed by atoms with Gasteiger partial charge < -0.3 is 13.9 Å². The fraction of sp³-hybridized carbons (Fsp3) is 0.222. The normalized spacial score (nSPS) is 10.2. The van der Waals surface area contributed by atoms with Crippen LogP contribution in [0, 0.1) is 0 Å². The SMILES string of the molecule is COC(=O)OCC=Cc1ccco1. The Hall–Kier alpha value is -1.71. The fourth-order valence-corrected chi connectivity index (χ4v) is 0.725. The molecule has 1 aromatic heterocycles. The van der Waals surface area contributed by atoms with Crippen molar-refractivity contribution >= 4 is 12.2 Å². The Morgan fingerprint density at radius 1 is 1.69 bits per heavy atom. The average Bonchev–Trinajstić information content (AvgIpc) is 2.64. The van der Waals surface area contributed by atoms with Crippen molar-refractivity contribution in [3.05, 3.63) is 30.2 Å². The summed E-state index contributed by atoms with van der Waals surface area (Å²) in [5.41, 5.74) is 0. The molecular formula is C9H10O4. The second kappa shape index (κ2) is 5.03. The molecule has 0 bridgehead atoms. The summed E-state index contributed by atoms with van der Waals surface area (Å²) in [5.74, 6) is 0.716. The highest BCUT2D eigenvalue weighted by atomic mass is 16.7. The third kappa shape index (κ3) is 3.46. The minimum atomic E-state index is -0.691. The van der Waals surface area contributed by atoms with E-state index in [1.807, 2.05) is 0 Å². The standard InChI is InChI=1S/C9H10O4/c1-11-9(10)13-7-3-5-8-4-2-6-12-8/h2-6H,7H2,1H3. The maximum absolute atomic E-state index is 10.5. The monoisotopic (exact) mass is 182 g/mol. The van der Waals surface area contributed by atoms with Crippen LogP contribution in [0.3, 0.4) is 0 Å². The first-order chi connectivity index (χ1) is 6.33. The zero-order valence-corrected chi connectivity index (χ0v) is 7.23. The van der Waals surface area contributed by atoms with E-state index in [1.165, 1.54) is 7.11 Å². The number of hydrogen-bond acceptors (Lipinski definition) is 4. The molecule has 1 rings (SSSR count). The van der Waals surface area contributed by atoms with E-state index in [2.05, 4.69) is 9.47 Å².